The summed E-state index contributed by atoms with van der Waals surface area (Å²) in [4.78, 5) is 13.7. The van der Waals surface area contributed by atoms with E-state index >= 15 is 0 Å². The summed E-state index contributed by atoms with van der Waals surface area (Å²) in [6.07, 6.45) is 5.97. The number of benzene rings is 2. The molecule has 2 aromatic rings. The van der Waals surface area contributed by atoms with E-state index in [4.69, 9.17) is 4.74 Å². The maximum absolute atomic E-state index is 12.6. The third-order valence-electron chi connectivity index (χ3n) is 4.40. The molecule has 0 bridgehead atoms. The van der Waals surface area contributed by atoms with Gasteiger partial charge in [0.25, 0.3) is 5.91 Å². The fourth-order valence-corrected chi connectivity index (χ4v) is 4.25. The minimum Gasteiger partial charge on any atom is -0.496 e. The minimum absolute atomic E-state index is 0.174. The normalized spacial score (nSPS) is 11.3. The largest absolute Gasteiger partial charge is 0.496 e. The Bertz CT molecular complexity index is 913. The number of hydrogen-bond donors (Lipinski definition) is 2. The van der Waals surface area contributed by atoms with Gasteiger partial charge in [-0.05, 0) is 55.1 Å². The van der Waals surface area contributed by atoms with Gasteiger partial charge in [0.2, 0.25) is 10.0 Å². The second-order valence-corrected chi connectivity index (χ2v) is 9.15. The maximum Gasteiger partial charge on any atom is 0.259 e. The lowest BCUT2D eigenvalue weighted by atomic mass is 10.2. The number of amides is 1. The molecule has 6 nitrogen and oxygen atoms in total. The molecule has 0 spiro atoms. The highest BCUT2D eigenvalue weighted by atomic mass is 32.2. The fraction of sp³-hybridized carbons (Fsp3) is 0.381. The zero-order valence-corrected chi connectivity index (χ0v) is 18.7. The summed E-state index contributed by atoms with van der Waals surface area (Å²) in [5, 5.41) is 2.77. The van der Waals surface area contributed by atoms with Crippen molar-refractivity contribution in [2.75, 3.05) is 25.2 Å². The van der Waals surface area contributed by atoms with Crippen molar-refractivity contribution in [2.45, 2.75) is 42.4 Å². The van der Waals surface area contributed by atoms with Crippen LogP contribution in [-0.2, 0) is 10.0 Å². The lowest BCUT2D eigenvalue weighted by Gasteiger charge is -2.11. The number of rotatable bonds is 11. The van der Waals surface area contributed by atoms with E-state index in [1.54, 1.807) is 36.0 Å². The van der Waals surface area contributed by atoms with Gasteiger partial charge in [-0.3, -0.25) is 4.79 Å². The molecule has 0 aromatic heterocycles. The first-order chi connectivity index (χ1) is 13.9. The van der Waals surface area contributed by atoms with Crippen LogP contribution in [0.5, 0.6) is 5.75 Å². The highest BCUT2D eigenvalue weighted by Crippen LogP contribution is 2.26. The van der Waals surface area contributed by atoms with Crippen LogP contribution < -0.4 is 14.8 Å². The number of nitrogens with one attached hydrogen (secondary N) is 2. The quantitative estimate of drug-likeness (QED) is 0.399. The van der Waals surface area contributed by atoms with Crippen LogP contribution in [0.1, 0.15) is 43.0 Å². The Balaban J connectivity index is 2.02. The monoisotopic (exact) mass is 436 g/mol. The predicted octanol–water partition coefficient (Wildman–Crippen LogP) is 4.53. The SMILES string of the molecule is CCCCCCNS(=O)(=O)c1ccc(NC(=O)c2ccc(SC)cc2OC)cc1. The molecule has 0 aliphatic heterocycles. The molecule has 2 aromatic carbocycles. The van der Waals surface area contributed by atoms with Crippen molar-refractivity contribution in [2.24, 2.45) is 0 Å². The summed E-state index contributed by atoms with van der Waals surface area (Å²) >= 11 is 1.56. The van der Waals surface area contributed by atoms with Crippen LogP contribution in [-0.4, -0.2) is 34.2 Å². The molecule has 0 aliphatic rings. The van der Waals surface area contributed by atoms with E-state index < -0.39 is 10.0 Å². The number of carbonyl (C=O) groups excluding carboxylic acids is 1. The van der Waals surface area contributed by atoms with E-state index in [1.165, 1.54) is 19.2 Å². The van der Waals surface area contributed by atoms with Crippen molar-refractivity contribution in [1.29, 1.82) is 0 Å². The van der Waals surface area contributed by atoms with E-state index in [0.29, 0.717) is 23.5 Å². The summed E-state index contributed by atoms with van der Waals surface area (Å²) in [6.45, 7) is 2.53. The van der Waals surface area contributed by atoms with Gasteiger partial charge >= 0.3 is 0 Å². The van der Waals surface area contributed by atoms with Gasteiger partial charge < -0.3 is 10.1 Å². The van der Waals surface area contributed by atoms with E-state index in [9.17, 15) is 13.2 Å². The van der Waals surface area contributed by atoms with Gasteiger partial charge in [0.15, 0.2) is 0 Å². The zero-order chi connectivity index (χ0) is 21.3. The van der Waals surface area contributed by atoms with Gasteiger partial charge in [-0.25, -0.2) is 13.1 Å². The van der Waals surface area contributed by atoms with E-state index in [0.717, 1.165) is 30.6 Å². The number of hydrogen-bond acceptors (Lipinski definition) is 5. The number of anilines is 1. The first-order valence-electron chi connectivity index (χ1n) is 9.54. The Morgan fingerprint density at radius 2 is 1.79 bits per heavy atom. The predicted molar refractivity (Wildman–Crippen MR) is 119 cm³/mol. The molecular formula is C21H28N2O4S2. The molecule has 0 heterocycles. The van der Waals surface area contributed by atoms with E-state index in [1.807, 2.05) is 12.3 Å². The van der Waals surface area contributed by atoms with Gasteiger partial charge in [0.05, 0.1) is 17.6 Å². The lowest BCUT2D eigenvalue weighted by Crippen LogP contribution is -2.24. The molecule has 0 radical (unpaired) electrons. The third-order valence-corrected chi connectivity index (χ3v) is 6.60. The number of thioether (sulfide) groups is 1. The van der Waals surface area contributed by atoms with Crippen LogP contribution in [0.15, 0.2) is 52.3 Å². The van der Waals surface area contributed by atoms with Crippen LogP contribution in [0.2, 0.25) is 0 Å². The second kappa shape index (κ2) is 11.2. The highest BCUT2D eigenvalue weighted by molar-refractivity contribution is 7.98. The average molecular weight is 437 g/mol. The topological polar surface area (TPSA) is 84.5 Å². The van der Waals surface area contributed by atoms with Crippen LogP contribution in [0.4, 0.5) is 5.69 Å². The molecule has 29 heavy (non-hydrogen) atoms. The molecular weight excluding hydrogens is 408 g/mol. The van der Waals surface area contributed by atoms with Gasteiger partial charge in [-0.1, -0.05) is 26.2 Å². The molecule has 0 aliphatic carbocycles. The van der Waals surface area contributed by atoms with E-state index in [-0.39, 0.29) is 10.8 Å². The Hall–Kier alpha value is -2.03. The van der Waals surface area contributed by atoms with Gasteiger partial charge in [0.1, 0.15) is 5.75 Å². The molecule has 0 unspecified atom stereocenters. The van der Waals surface area contributed by atoms with E-state index in [2.05, 4.69) is 17.0 Å². The second-order valence-electron chi connectivity index (χ2n) is 6.50. The van der Waals surface area contributed by atoms with Crippen molar-refractivity contribution in [3.8, 4) is 5.75 Å². The Labute approximate surface area is 177 Å². The van der Waals surface area contributed by atoms with Gasteiger partial charge in [0, 0.05) is 17.1 Å². The Morgan fingerprint density at radius 1 is 1.07 bits per heavy atom. The molecule has 1 amide bonds. The van der Waals surface area contributed by atoms with Crippen LogP contribution >= 0.6 is 11.8 Å². The van der Waals surface area contributed by atoms with Gasteiger partial charge in [-0.2, -0.15) is 0 Å². The standard InChI is InChI=1S/C21H28N2O4S2/c1-4-5-6-7-14-22-29(25,26)18-11-8-16(9-12-18)23-21(24)19-13-10-17(28-3)15-20(19)27-2/h8-13,15,22H,4-7,14H2,1-3H3,(H,23,24). The van der Waals surface area contributed by atoms with Crippen molar-refractivity contribution >= 4 is 33.4 Å². The first kappa shape index (κ1) is 23.3. The minimum atomic E-state index is -3.55. The van der Waals surface area contributed by atoms with Crippen molar-refractivity contribution in [1.82, 2.24) is 4.72 Å². The van der Waals surface area contributed by atoms with Crippen molar-refractivity contribution in [3.63, 3.8) is 0 Å². The molecule has 158 valence electrons. The molecule has 0 atom stereocenters. The van der Waals surface area contributed by atoms with Crippen LogP contribution in [0.3, 0.4) is 0 Å². The van der Waals surface area contributed by atoms with Crippen molar-refractivity contribution in [3.05, 3.63) is 48.0 Å². The van der Waals surface area contributed by atoms with Crippen molar-refractivity contribution < 1.29 is 17.9 Å². The number of unbranched alkanes of at least 4 members (excludes halogenated alkanes) is 3. The first-order valence-corrected chi connectivity index (χ1v) is 12.2. The molecule has 2 N–H and O–H groups in total. The Kier molecular flexibility index (Phi) is 9.00. The molecule has 2 rings (SSSR count). The zero-order valence-electron chi connectivity index (χ0n) is 17.0. The number of ether oxygens (including phenoxy) is 1. The fourth-order valence-electron chi connectivity index (χ4n) is 2.74. The number of carbonyl (C=O) groups is 1. The average Bonchev–Trinajstić information content (AvgIpc) is 2.73. The lowest BCUT2D eigenvalue weighted by molar-refractivity contribution is 0.102. The summed E-state index contributed by atoms with van der Waals surface area (Å²) < 4.78 is 32.6. The smallest absolute Gasteiger partial charge is 0.259 e. The summed E-state index contributed by atoms with van der Waals surface area (Å²) in [6, 6.07) is 11.5. The Morgan fingerprint density at radius 3 is 2.41 bits per heavy atom. The maximum atomic E-state index is 12.6. The molecule has 0 saturated carbocycles. The molecule has 0 saturated heterocycles. The molecule has 0 fully saturated rings. The third kappa shape index (κ3) is 6.76. The summed E-state index contributed by atoms with van der Waals surface area (Å²) in [5.74, 6) is 0.167. The number of methoxy groups -OCH3 is 1. The van der Waals surface area contributed by atoms with Gasteiger partial charge in [-0.15, -0.1) is 11.8 Å². The highest BCUT2D eigenvalue weighted by Gasteiger charge is 2.15. The summed E-state index contributed by atoms with van der Waals surface area (Å²) in [7, 11) is -2.03. The van der Waals surface area contributed by atoms with Crippen LogP contribution in [0, 0.1) is 0 Å². The van der Waals surface area contributed by atoms with Crippen LogP contribution in [0.25, 0.3) is 0 Å². The summed E-state index contributed by atoms with van der Waals surface area (Å²) in [5.41, 5.74) is 0.920. The number of sulfonamides is 1. The molecule has 8 heteroatoms.